The van der Waals surface area contributed by atoms with Crippen LogP contribution in [0, 0.1) is 0 Å². The van der Waals surface area contributed by atoms with Crippen molar-refractivity contribution in [3.05, 3.63) is 24.3 Å². The Labute approximate surface area is 126 Å². The number of sulfonamides is 1. The van der Waals surface area contributed by atoms with Crippen LogP contribution in [0.25, 0.3) is 0 Å². The lowest BCUT2D eigenvalue weighted by atomic mass is 10.3. The predicted molar refractivity (Wildman–Crippen MR) is 81.9 cm³/mol. The molecule has 0 bridgehead atoms. The summed E-state index contributed by atoms with van der Waals surface area (Å²) in [6.45, 7) is 6.56. The number of hydrogen-bond acceptors (Lipinski definition) is 5. The van der Waals surface area contributed by atoms with Crippen molar-refractivity contribution < 1.29 is 13.2 Å². The van der Waals surface area contributed by atoms with E-state index in [1.165, 1.54) is 0 Å². The molecule has 1 heterocycles. The molecule has 0 saturated carbocycles. The monoisotopic (exact) mass is 313 g/mol. The Morgan fingerprint density at radius 2 is 1.76 bits per heavy atom. The highest BCUT2D eigenvalue weighted by molar-refractivity contribution is 7.89. The van der Waals surface area contributed by atoms with Crippen LogP contribution in [0.4, 0.5) is 0 Å². The Morgan fingerprint density at radius 3 is 2.29 bits per heavy atom. The number of nitrogens with two attached hydrogens (primary N) is 1. The molecule has 0 unspecified atom stereocenters. The number of ether oxygens (including phenoxy) is 1. The summed E-state index contributed by atoms with van der Waals surface area (Å²) >= 11 is 0. The fourth-order valence-electron chi connectivity index (χ4n) is 2.32. The van der Waals surface area contributed by atoms with E-state index >= 15 is 0 Å². The zero-order valence-electron chi connectivity index (χ0n) is 12.4. The molecule has 1 saturated heterocycles. The van der Waals surface area contributed by atoms with Crippen LogP contribution in [-0.2, 0) is 10.0 Å². The van der Waals surface area contributed by atoms with Gasteiger partial charge in [-0.3, -0.25) is 0 Å². The molecular weight excluding hydrogens is 290 g/mol. The highest BCUT2D eigenvalue weighted by atomic mass is 32.2. The Balaban J connectivity index is 2.05. The molecule has 0 spiro atoms. The van der Waals surface area contributed by atoms with Crippen molar-refractivity contribution in [3.63, 3.8) is 0 Å². The van der Waals surface area contributed by atoms with Gasteiger partial charge in [0.25, 0.3) is 0 Å². The molecule has 1 fully saturated rings. The normalized spacial score (nSPS) is 17.8. The van der Waals surface area contributed by atoms with Crippen molar-refractivity contribution in [1.29, 1.82) is 0 Å². The first-order chi connectivity index (χ1) is 10.1. The SMILES string of the molecule is CCN1CCN(S(=O)(=O)c2ccc(OCCN)cc2)CC1. The number of nitrogens with zero attached hydrogens (tertiary/aromatic N) is 2. The van der Waals surface area contributed by atoms with Crippen LogP contribution >= 0.6 is 0 Å². The summed E-state index contributed by atoms with van der Waals surface area (Å²) in [5.74, 6) is 0.634. The largest absolute Gasteiger partial charge is 0.492 e. The van der Waals surface area contributed by atoms with Crippen molar-refractivity contribution in [2.75, 3.05) is 45.9 Å². The highest BCUT2D eigenvalue weighted by Gasteiger charge is 2.27. The fraction of sp³-hybridized carbons (Fsp3) is 0.571. The lowest BCUT2D eigenvalue weighted by Gasteiger charge is -2.33. The minimum atomic E-state index is -3.40. The average molecular weight is 313 g/mol. The van der Waals surface area contributed by atoms with Crippen molar-refractivity contribution in [2.45, 2.75) is 11.8 Å². The molecular formula is C14H23N3O3S. The quantitative estimate of drug-likeness (QED) is 0.820. The molecule has 1 aromatic carbocycles. The minimum Gasteiger partial charge on any atom is -0.492 e. The lowest BCUT2D eigenvalue weighted by molar-refractivity contribution is 0.196. The van der Waals surface area contributed by atoms with E-state index in [2.05, 4.69) is 11.8 Å². The second-order valence-electron chi connectivity index (χ2n) is 4.95. The molecule has 0 aromatic heterocycles. The maximum Gasteiger partial charge on any atom is 0.243 e. The van der Waals surface area contributed by atoms with Crippen molar-refractivity contribution in [2.24, 2.45) is 5.73 Å². The van der Waals surface area contributed by atoms with Crippen LogP contribution in [0.2, 0.25) is 0 Å². The van der Waals surface area contributed by atoms with E-state index in [1.54, 1.807) is 28.6 Å². The molecule has 0 aliphatic carbocycles. The number of likely N-dealkylation sites (N-methyl/N-ethyl adjacent to an activating group) is 1. The van der Waals surface area contributed by atoms with E-state index in [4.69, 9.17) is 10.5 Å². The number of hydrogen-bond donors (Lipinski definition) is 1. The Hall–Kier alpha value is -1.15. The van der Waals surface area contributed by atoms with Gasteiger partial charge in [-0.05, 0) is 30.8 Å². The molecule has 0 amide bonds. The fourth-order valence-corrected chi connectivity index (χ4v) is 3.74. The van der Waals surface area contributed by atoms with Gasteiger partial charge in [-0.1, -0.05) is 6.92 Å². The summed E-state index contributed by atoms with van der Waals surface area (Å²) in [7, 11) is -3.40. The van der Waals surface area contributed by atoms with Crippen LogP contribution in [0.3, 0.4) is 0 Å². The van der Waals surface area contributed by atoms with E-state index in [0.717, 1.165) is 19.6 Å². The standard InChI is InChI=1S/C14H23N3O3S/c1-2-16-8-10-17(11-9-16)21(18,19)14-5-3-13(4-6-14)20-12-7-15/h3-6H,2,7-12,15H2,1H3. The molecule has 2 rings (SSSR count). The second kappa shape index (κ2) is 7.22. The van der Waals surface area contributed by atoms with Crippen molar-refractivity contribution in [3.8, 4) is 5.75 Å². The molecule has 118 valence electrons. The Morgan fingerprint density at radius 1 is 1.14 bits per heavy atom. The summed E-state index contributed by atoms with van der Waals surface area (Å²) in [6.07, 6.45) is 0. The van der Waals surface area contributed by atoms with E-state index in [9.17, 15) is 8.42 Å². The summed E-state index contributed by atoms with van der Waals surface area (Å²) in [4.78, 5) is 2.56. The van der Waals surface area contributed by atoms with E-state index in [-0.39, 0.29) is 0 Å². The van der Waals surface area contributed by atoms with Gasteiger partial charge in [0, 0.05) is 32.7 Å². The summed E-state index contributed by atoms with van der Waals surface area (Å²) in [6, 6.07) is 6.52. The minimum absolute atomic E-state index is 0.313. The molecule has 21 heavy (non-hydrogen) atoms. The van der Waals surface area contributed by atoms with Crippen LogP contribution in [0.1, 0.15) is 6.92 Å². The molecule has 1 aromatic rings. The molecule has 0 atom stereocenters. The average Bonchev–Trinajstić information content (AvgIpc) is 2.53. The summed E-state index contributed by atoms with van der Waals surface area (Å²) in [5.41, 5.74) is 5.36. The van der Waals surface area contributed by atoms with E-state index < -0.39 is 10.0 Å². The van der Waals surface area contributed by atoms with Gasteiger partial charge in [0.2, 0.25) is 10.0 Å². The molecule has 2 N–H and O–H groups in total. The number of rotatable bonds is 6. The second-order valence-corrected chi connectivity index (χ2v) is 6.88. The van der Waals surface area contributed by atoms with Crippen LogP contribution in [0.15, 0.2) is 29.2 Å². The van der Waals surface area contributed by atoms with Gasteiger partial charge in [-0.15, -0.1) is 0 Å². The first-order valence-corrected chi connectivity index (χ1v) is 8.67. The van der Waals surface area contributed by atoms with Gasteiger partial charge in [0.05, 0.1) is 4.90 Å². The van der Waals surface area contributed by atoms with E-state index in [0.29, 0.717) is 36.9 Å². The van der Waals surface area contributed by atoms with Gasteiger partial charge in [0.15, 0.2) is 0 Å². The van der Waals surface area contributed by atoms with Gasteiger partial charge in [-0.2, -0.15) is 4.31 Å². The zero-order valence-corrected chi connectivity index (χ0v) is 13.2. The van der Waals surface area contributed by atoms with Crippen LogP contribution < -0.4 is 10.5 Å². The van der Waals surface area contributed by atoms with Crippen molar-refractivity contribution in [1.82, 2.24) is 9.21 Å². The number of benzene rings is 1. The van der Waals surface area contributed by atoms with E-state index in [1.807, 2.05) is 0 Å². The topological polar surface area (TPSA) is 75.9 Å². The van der Waals surface area contributed by atoms with Crippen LogP contribution in [-0.4, -0.2) is 63.5 Å². The zero-order chi connectivity index (χ0) is 15.3. The third-order valence-corrected chi connectivity index (χ3v) is 5.54. The first kappa shape index (κ1) is 16.2. The van der Waals surface area contributed by atoms with Gasteiger partial charge in [0.1, 0.15) is 12.4 Å². The highest BCUT2D eigenvalue weighted by Crippen LogP contribution is 2.20. The van der Waals surface area contributed by atoms with Crippen molar-refractivity contribution >= 4 is 10.0 Å². The third kappa shape index (κ3) is 3.94. The summed E-state index contributed by atoms with van der Waals surface area (Å²) < 4.78 is 32.0. The first-order valence-electron chi connectivity index (χ1n) is 7.23. The predicted octanol–water partition coefficient (Wildman–Crippen LogP) is 0.350. The molecule has 7 heteroatoms. The maximum atomic E-state index is 12.6. The van der Waals surface area contributed by atoms with Gasteiger partial charge in [-0.25, -0.2) is 8.42 Å². The maximum absolute atomic E-state index is 12.6. The molecule has 6 nitrogen and oxygen atoms in total. The smallest absolute Gasteiger partial charge is 0.243 e. The Kier molecular flexibility index (Phi) is 5.58. The van der Waals surface area contributed by atoms with Gasteiger partial charge >= 0.3 is 0 Å². The van der Waals surface area contributed by atoms with Crippen LogP contribution in [0.5, 0.6) is 5.75 Å². The third-order valence-electron chi connectivity index (χ3n) is 3.63. The lowest BCUT2D eigenvalue weighted by Crippen LogP contribution is -2.48. The Bertz CT molecular complexity index is 537. The molecule has 0 radical (unpaired) electrons. The number of piperazine rings is 1. The molecule has 1 aliphatic rings. The molecule has 1 aliphatic heterocycles. The summed E-state index contributed by atoms with van der Waals surface area (Å²) in [5, 5.41) is 0. The van der Waals surface area contributed by atoms with Gasteiger partial charge < -0.3 is 15.4 Å².